The van der Waals surface area contributed by atoms with Crippen LogP contribution in [-0.2, 0) is 5.41 Å². The van der Waals surface area contributed by atoms with Crippen molar-refractivity contribution in [2.45, 2.75) is 32.2 Å². The maximum atomic E-state index is 12.3. The SMILES string of the molecule is CN(C)C(CNC(=O)Nc1ccc2oc(C(C)(C)C)nc2c1)c1cccs1. The second kappa shape index (κ2) is 7.70. The molecule has 1 aromatic carbocycles. The highest BCUT2D eigenvalue weighted by Gasteiger charge is 2.21. The molecule has 0 aliphatic heterocycles. The van der Waals surface area contributed by atoms with E-state index in [-0.39, 0.29) is 17.5 Å². The number of urea groups is 1. The summed E-state index contributed by atoms with van der Waals surface area (Å²) in [5, 5.41) is 7.87. The molecule has 2 heterocycles. The first-order valence-electron chi connectivity index (χ1n) is 8.90. The number of thiophene rings is 1. The van der Waals surface area contributed by atoms with E-state index < -0.39 is 0 Å². The number of anilines is 1. The molecule has 2 aromatic heterocycles. The monoisotopic (exact) mass is 386 g/mol. The number of carbonyl (C=O) groups is 1. The van der Waals surface area contributed by atoms with Crippen LogP contribution in [0.2, 0.25) is 0 Å². The molecule has 0 saturated carbocycles. The number of carbonyl (C=O) groups excluding carboxylic acids is 1. The molecule has 7 heteroatoms. The highest BCUT2D eigenvalue weighted by molar-refractivity contribution is 7.10. The first kappa shape index (κ1) is 19.4. The lowest BCUT2D eigenvalue weighted by Crippen LogP contribution is -2.36. The average molecular weight is 387 g/mol. The van der Waals surface area contributed by atoms with Crippen LogP contribution >= 0.6 is 11.3 Å². The second-order valence-electron chi connectivity index (χ2n) is 7.78. The van der Waals surface area contributed by atoms with E-state index in [9.17, 15) is 4.79 Å². The van der Waals surface area contributed by atoms with E-state index in [1.165, 1.54) is 4.88 Å². The molecule has 0 spiro atoms. The molecule has 2 N–H and O–H groups in total. The van der Waals surface area contributed by atoms with Gasteiger partial charge in [0, 0.05) is 22.5 Å². The lowest BCUT2D eigenvalue weighted by Gasteiger charge is -2.23. The Balaban J connectivity index is 1.65. The number of oxazole rings is 1. The molecule has 0 saturated heterocycles. The number of fused-ring (bicyclic) bond motifs is 1. The van der Waals surface area contributed by atoms with Crippen molar-refractivity contribution in [3.05, 3.63) is 46.5 Å². The molecular formula is C20H26N4O2S. The number of nitrogens with one attached hydrogen (secondary N) is 2. The van der Waals surface area contributed by atoms with E-state index in [4.69, 9.17) is 4.42 Å². The Morgan fingerprint density at radius 1 is 1.30 bits per heavy atom. The summed E-state index contributed by atoms with van der Waals surface area (Å²) in [7, 11) is 4.02. The number of hydrogen-bond acceptors (Lipinski definition) is 5. The Hall–Kier alpha value is -2.38. The summed E-state index contributed by atoms with van der Waals surface area (Å²) in [6.07, 6.45) is 0. The van der Waals surface area contributed by atoms with E-state index in [1.54, 1.807) is 11.3 Å². The Labute approximate surface area is 163 Å². The standard InChI is InChI=1S/C20H26N4O2S/c1-20(2,3)18-23-14-11-13(8-9-16(14)26-18)22-19(25)21-12-15(24(4)5)17-7-6-10-27-17/h6-11,15H,12H2,1-5H3,(H2,21,22,25). The molecule has 0 bridgehead atoms. The Kier molecular flexibility index (Phi) is 5.53. The molecule has 1 unspecified atom stereocenters. The molecule has 6 nitrogen and oxygen atoms in total. The van der Waals surface area contributed by atoms with Gasteiger partial charge in [-0.2, -0.15) is 0 Å². The fourth-order valence-corrected chi connectivity index (χ4v) is 3.63. The van der Waals surface area contributed by atoms with Crippen molar-refractivity contribution >= 4 is 34.2 Å². The van der Waals surface area contributed by atoms with Crippen molar-refractivity contribution < 1.29 is 9.21 Å². The first-order valence-corrected chi connectivity index (χ1v) is 9.78. The summed E-state index contributed by atoms with van der Waals surface area (Å²) < 4.78 is 5.80. The number of rotatable bonds is 5. The maximum absolute atomic E-state index is 12.3. The lowest BCUT2D eigenvalue weighted by molar-refractivity contribution is 0.244. The third-order valence-corrected chi connectivity index (χ3v) is 5.21. The summed E-state index contributed by atoms with van der Waals surface area (Å²) in [5.74, 6) is 0.684. The second-order valence-corrected chi connectivity index (χ2v) is 8.76. The van der Waals surface area contributed by atoms with Crippen molar-refractivity contribution in [2.75, 3.05) is 26.0 Å². The van der Waals surface area contributed by atoms with Crippen molar-refractivity contribution in [2.24, 2.45) is 0 Å². The molecule has 144 valence electrons. The summed E-state index contributed by atoms with van der Waals surface area (Å²) in [4.78, 5) is 20.2. The molecule has 0 fully saturated rings. The highest BCUT2D eigenvalue weighted by Crippen LogP contribution is 2.27. The van der Waals surface area contributed by atoms with Gasteiger partial charge in [0.15, 0.2) is 5.58 Å². The average Bonchev–Trinajstić information content (AvgIpc) is 3.23. The number of aromatic nitrogens is 1. The third kappa shape index (κ3) is 4.67. The smallest absolute Gasteiger partial charge is 0.319 e. The fourth-order valence-electron chi connectivity index (χ4n) is 2.71. The number of hydrogen-bond donors (Lipinski definition) is 2. The predicted molar refractivity (Wildman–Crippen MR) is 110 cm³/mol. The van der Waals surface area contributed by atoms with Gasteiger partial charge in [-0.15, -0.1) is 11.3 Å². The van der Waals surface area contributed by atoms with Gasteiger partial charge in [-0.05, 0) is 43.7 Å². The van der Waals surface area contributed by atoms with Crippen LogP contribution in [0.1, 0.15) is 37.6 Å². The molecule has 3 rings (SSSR count). The van der Waals surface area contributed by atoms with E-state index >= 15 is 0 Å². The van der Waals surface area contributed by atoms with Crippen LogP contribution in [-0.4, -0.2) is 36.6 Å². The first-order chi connectivity index (χ1) is 12.7. The van der Waals surface area contributed by atoms with Crippen molar-refractivity contribution in [3.8, 4) is 0 Å². The van der Waals surface area contributed by atoms with Gasteiger partial charge in [-0.1, -0.05) is 26.8 Å². The highest BCUT2D eigenvalue weighted by atomic mass is 32.1. The van der Waals surface area contributed by atoms with E-state index in [0.717, 1.165) is 11.1 Å². The van der Waals surface area contributed by atoms with Crippen LogP contribution < -0.4 is 10.6 Å². The molecule has 0 aliphatic carbocycles. The normalized spacial score (nSPS) is 13.1. The Bertz CT molecular complexity index is 910. The topological polar surface area (TPSA) is 70.4 Å². The van der Waals surface area contributed by atoms with Crippen LogP contribution in [0.4, 0.5) is 10.5 Å². The van der Waals surface area contributed by atoms with Gasteiger partial charge < -0.3 is 20.0 Å². The van der Waals surface area contributed by atoms with Crippen molar-refractivity contribution in [3.63, 3.8) is 0 Å². The number of benzene rings is 1. The number of amides is 2. The lowest BCUT2D eigenvalue weighted by atomic mass is 9.97. The summed E-state index contributed by atoms with van der Waals surface area (Å²) in [6.45, 7) is 6.69. The van der Waals surface area contributed by atoms with Crippen LogP contribution in [0.5, 0.6) is 0 Å². The summed E-state index contributed by atoms with van der Waals surface area (Å²) >= 11 is 1.69. The molecule has 3 aromatic rings. The minimum Gasteiger partial charge on any atom is -0.440 e. The minimum absolute atomic E-state index is 0.142. The molecular weight excluding hydrogens is 360 g/mol. The predicted octanol–water partition coefficient (Wildman–Crippen LogP) is 4.61. The van der Waals surface area contributed by atoms with Crippen LogP contribution in [0, 0.1) is 0 Å². The van der Waals surface area contributed by atoms with Crippen LogP contribution in [0.25, 0.3) is 11.1 Å². The summed E-state index contributed by atoms with van der Waals surface area (Å²) in [5.41, 5.74) is 1.98. The van der Waals surface area contributed by atoms with Gasteiger partial charge in [-0.25, -0.2) is 9.78 Å². The Morgan fingerprint density at radius 2 is 2.07 bits per heavy atom. The van der Waals surface area contributed by atoms with Crippen molar-refractivity contribution in [1.29, 1.82) is 0 Å². The van der Waals surface area contributed by atoms with Gasteiger partial charge in [0.25, 0.3) is 0 Å². The number of nitrogens with zero attached hydrogens (tertiary/aromatic N) is 2. The van der Waals surface area contributed by atoms with Crippen LogP contribution in [0.15, 0.2) is 40.1 Å². The molecule has 1 atom stereocenters. The van der Waals surface area contributed by atoms with Gasteiger partial charge >= 0.3 is 6.03 Å². The largest absolute Gasteiger partial charge is 0.440 e. The van der Waals surface area contributed by atoms with E-state index in [2.05, 4.69) is 47.4 Å². The van der Waals surface area contributed by atoms with E-state index in [0.29, 0.717) is 18.1 Å². The van der Waals surface area contributed by atoms with Gasteiger partial charge in [0.05, 0.1) is 6.04 Å². The summed E-state index contributed by atoms with van der Waals surface area (Å²) in [6, 6.07) is 9.50. The molecule has 27 heavy (non-hydrogen) atoms. The maximum Gasteiger partial charge on any atom is 0.319 e. The van der Waals surface area contributed by atoms with Gasteiger partial charge in [-0.3, -0.25) is 0 Å². The molecule has 2 amide bonds. The third-order valence-electron chi connectivity index (χ3n) is 4.24. The van der Waals surface area contributed by atoms with Crippen molar-refractivity contribution in [1.82, 2.24) is 15.2 Å². The number of likely N-dealkylation sites (N-methyl/N-ethyl adjacent to an activating group) is 1. The quantitative estimate of drug-likeness (QED) is 0.672. The van der Waals surface area contributed by atoms with E-state index in [1.807, 2.05) is 43.7 Å². The van der Waals surface area contributed by atoms with Gasteiger partial charge in [0.1, 0.15) is 5.52 Å². The molecule has 0 aliphatic rings. The zero-order valence-corrected chi connectivity index (χ0v) is 17.2. The van der Waals surface area contributed by atoms with Gasteiger partial charge in [0.2, 0.25) is 5.89 Å². The van der Waals surface area contributed by atoms with Crippen LogP contribution in [0.3, 0.4) is 0 Å². The fraction of sp³-hybridized carbons (Fsp3) is 0.400. The minimum atomic E-state index is -0.239. The zero-order chi connectivity index (χ0) is 19.6. The zero-order valence-electron chi connectivity index (χ0n) is 16.4. The Morgan fingerprint density at radius 3 is 2.70 bits per heavy atom. The molecule has 0 radical (unpaired) electrons.